The number of hydrogen-bond donors (Lipinski definition) is 1. The lowest BCUT2D eigenvalue weighted by Gasteiger charge is -2.10. The van der Waals surface area contributed by atoms with E-state index in [1.165, 1.54) is 17.8 Å². The minimum absolute atomic E-state index is 0.147. The van der Waals surface area contributed by atoms with E-state index in [-0.39, 0.29) is 5.69 Å². The van der Waals surface area contributed by atoms with Crippen LogP contribution in [0.2, 0.25) is 0 Å². The first-order valence-corrected chi connectivity index (χ1v) is 8.17. The smallest absolute Gasteiger partial charge is 0.398 e. The van der Waals surface area contributed by atoms with Gasteiger partial charge in [-0.25, -0.2) is 4.98 Å². The summed E-state index contributed by atoms with van der Waals surface area (Å²) >= 11 is 2.99. The second kappa shape index (κ2) is 6.27. The molecule has 2 nitrogen and oxygen atoms in total. The van der Waals surface area contributed by atoms with Gasteiger partial charge in [0.05, 0.1) is 16.3 Å². The van der Waals surface area contributed by atoms with Crippen LogP contribution in [0.3, 0.4) is 0 Å². The molecule has 0 spiro atoms. The van der Waals surface area contributed by atoms with Crippen molar-refractivity contribution in [1.29, 1.82) is 0 Å². The highest BCUT2D eigenvalue weighted by molar-refractivity contribution is 7.98. The van der Waals surface area contributed by atoms with Crippen molar-refractivity contribution >= 4 is 28.8 Å². The molecule has 21 heavy (non-hydrogen) atoms. The Kier molecular flexibility index (Phi) is 4.83. The highest BCUT2D eigenvalue weighted by Crippen LogP contribution is 2.35. The number of anilines is 1. The van der Waals surface area contributed by atoms with Crippen molar-refractivity contribution in [3.8, 4) is 0 Å². The molecule has 0 bridgehead atoms. The van der Waals surface area contributed by atoms with Crippen molar-refractivity contribution in [2.24, 2.45) is 0 Å². The van der Waals surface area contributed by atoms with Crippen LogP contribution in [0.25, 0.3) is 0 Å². The summed E-state index contributed by atoms with van der Waals surface area (Å²) in [6, 6.07) is 3.45. The first-order valence-electron chi connectivity index (χ1n) is 6.31. The van der Waals surface area contributed by atoms with E-state index in [1.54, 1.807) is 11.3 Å². The number of thioether (sulfide) groups is 1. The molecule has 0 fully saturated rings. The molecular formula is C14H15F3N2S2. The second-order valence-corrected chi connectivity index (χ2v) is 6.78. The lowest BCUT2D eigenvalue weighted by atomic mass is 10.2. The van der Waals surface area contributed by atoms with Crippen LogP contribution < -0.4 is 5.73 Å². The normalized spacial score (nSPS) is 12.1. The molecule has 1 heterocycles. The van der Waals surface area contributed by atoms with Gasteiger partial charge in [-0.3, -0.25) is 0 Å². The molecule has 0 atom stereocenters. The summed E-state index contributed by atoms with van der Waals surface area (Å²) in [6.07, 6.45) is -4.36. The Morgan fingerprint density at radius 1 is 1.33 bits per heavy atom. The Hall–Kier alpha value is -1.21. The summed E-state index contributed by atoms with van der Waals surface area (Å²) in [4.78, 5) is 5.13. The second-order valence-electron chi connectivity index (χ2n) is 4.87. The zero-order valence-electron chi connectivity index (χ0n) is 11.6. The Labute approximate surface area is 129 Å². The van der Waals surface area contributed by atoms with E-state index in [9.17, 15) is 13.2 Å². The molecule has 2 N–H and O–H groups in total. The summed E-state index contributed by atoms with van der Waals surface area (Å²) in [7, 11) is 0. The summed E-state index contributed by atoms with van der Waals surface area (Å²) in [5.74, 6) is 0.976. The van der Waals surface area contributed by atoms with Gasteiger partial charge in [-0.05, 0) is 18.2 Å². The molecule has 1 aromatic heterocycles. The highest BCUT2D eigenvalue weighted by atomic mass is 32.2. The molecule has 0 unspecified atom stereocenters. The molecule has 0 amide bonds. The van der Waals surface area contributed by atoms with E-state index in [0.29, 0.717) is 16.6 Å². The van der Waals surface area contributed by atoms with Gasteiger partial charge in [-0.15, -0.1) is 23.1 Å². The van der Waals surface area contributed by atoms with Crippen LogP contribution in [0.4, 0.5) is 18.9 Å². The monoisotopic (exact) mass is 332 g/mol. The van der Waals surface area contributed by atoms with Crippen LogP contribution in [-0.4, -0.2) is 4.98 Å². The minimum atomic E-state index is -4.36. The number of aromatic nitrogens is 1. The molecule has 0 radical (unpaired) electrons. The number of benzene rings is 1. The zero-order valence-corrected chi connectivity index (χ0v) is 13.2. The molecule has 1 aromatic carbocycles. The summed E-state index contributed by atoms with van der Waals surface area (Å²) < 4.78 is 37.7. The van der Waals surface area contributed by atoms with Crippen LogP contribution >= 0.6 is 23.1 Å². The van der Waals surface area contributed by atoms with Crippen LogP contribution in [0, 0.1) is 0 Å². The highest BCUT2D eigenvalue weighted by Gasteiger charge is 2.30. The maximum atomic E-state index is 12.6. The van der Waals surface area contributed by atoms with Crippen molar-refractivity contribution < 1.29 is 13.2 Å². The lowest BCUT2D eigenvalue weighted by Crippen LogP contribution is -2.05. The van der Waals surface area contributed by atoms with E-state index in [1.807, 2.05) is 5.38 Å². The fourth-order valence-electron chi connectivity index (χ4n) is 1.66. The Morgan fingerprint density at radius 2 is 2.05 bits per heavy atom. The summed E-state index contributed by atoms with van der Waals surface area (Å²) in [6.45, 7) is 4.15. The number of hydrogen-bond acceptors (Lipinski definition) is 4. The standard InChI is InChI=1S/C14H15F3N2S2/c1-8(2)13-19-10(7-21-13)6-20-12-4-3-9(5-11(12)18)14(15,16)17/h3-5,7-8H,6,18H2,1-2H3. The van der Waals surface area contributed by atoms with Gasteiger partial charge in [0.15, 0.2) is 0 Å². The van der Waals surface area contributed by atoms with E-state index < -0.39 is 11.7 Å². The third-order valence-corrected chi connectivity index (χ3v) is 5.09. The van der Waals surface area contributed by atoms with Gasteiger partial charge < -0.3 is 5.73 Å². The largest absolute Gasteiger partial charge is 0.416 e. The maximum Gasteiger partial charge on any atom is 0.416 e. The van der Waals surface area contributed by atoms with Crippen molar-refractivity contribution in [1.82, 2.24) is 4.98 Å². The van der Waals surface area contributed by atoms with Crippen LogP contribution in [0.5, 0.6) is 0 Å². The first kappa shape index (κ1) is 16.2. The van der Waals surface area contributed by atoms with Crippen LogP contribution in [0.1, 0.15) is 36.0 Å². The number of alkyl halides is 3. The first-order chi connectivity index (χ1) is 9.77. The van der Waals surface area contributed by atoms with Crippen molar-refractivity contribution in [2.75, 3.05) is 5.73 Å². The molecule has 7 heteroatoms. The topological polar surface area (TPSA) is 38.9 Å². The average Bonchev–Trinajstić information content (AvgIpc) is 2.85. The van der Waals surface area contributed by atoms with Gasteiger partial charge in [0.1, 0.15) is 0 Å². The third-order valence-electron chi connectivity index (χ3n) is 2.78. The van der Waals surface area contributed by atoms with Crippen molar-refractivity contribution in [3.05, 3.63) is 39.8 Å². The van der Waals surface area contributed by atoms with E-state index in [4.69, 9.17) is 5.73 Å². The quantitative estimate of drug-likeness (QED) is 0.621. The predicted molar refractivity (Wildman–Crippen MR) is 81.6 cm³/mol. The SMILES string of the molecule is CC(C)c1nc(CSc2ccc(C(F)(F)F)cc2N)cs1. The maximum absolute atomic E-state index is 12.6. The Balaban J connectivity index is 2.06. The molecule has 114 valence electrons. The zero-order chi connectivity index (χ0) is 15.6. The molecule has 0 aliphatic heterocycles. The molecular weight excluding hydrogens is 317 g/mol. The van der Waals surface area contributed by atoms with Crippen LogP contribution in [-0.2, 0) is 11.9 Å². The number of thiazole rings is 1. The van der Waals surface area contributed by atoms with Crippen molar-refractivity contribution in [3.63, 3.8) is 0 Å². The number of nitrogens with two attached hydrogens (primary N) is 1. The molecule has 0 aliphatic carbocycles. The number of rotatable bonds is 4. The van der Waals surface area contributed by atoms with Gasteiger partial charge in [0, 0.05) is 27.6 Å². The van der Waals surface area contributed by atoms with Gasteiger partial charge in [-0.1, -0.05) is 13.8 Å². The Bertz CT molecular complexity index is 621. The molecule has 0 saturated carbocycles. The van der Waals surface area contributed by atoms with Gasteiger partial charge in [0.25, 0.3) is 0 Å². The van der Waals surface area contributed by atoms with E-state index >= 15 is 0 Å². The minimum Gasteiger partial charge on any atom is -0.398 e. The van der Waals surface area contributed by atoms with Gasteiger partial charge in [-0.2, -0.15) is 13.2 Å². The molecule has 0 saturated heterocycles. The van der Waals surface area contributed by atoms with E-state index in [0.717, 1.165) is 22.8 Å². The van der Waals surface area contributed by atoms with Crippen molar-refractivity contribution in [2.45, 2.75) is 36.6 Å². The van der Waals surface area contributed by atoms with Gasteiger partial charge >= 0.3 is 6.18 Å². The lowest BCUT2D eigenvalue weighted by molar-refractivity contribution is -0.137. The fourth-order valence-corrected chi connectivity index (χ4v) is 3.44. The average molecular weight is 332 g/mol. The van der Waals surface area contributed by atoms with Gasteiger partial charge in [0.2, 0.25) is 0 Å². The molecule has 2 aromatic rings. The van der Waals surface area contributed by atoms with E-state index in [2.05, 4.69) is 18.8 Å². The Morgan fingerprint density at radius 3 is 2.57 bits per heavy atom. The summed E-state index contributed by atoms with van der Waals surface area (Å²) in [5.41, 5.74) is 6.05. The predicted octanol–water partition coefficient (Wildman–Crippen LogP) is 5.16. The van der Waals surface area contributed by atoms with Crippen LogP contribution in [0.15, 0.2) is 28.5 Å². The fraction of sp³-hybridized carbons (Fsp3) is 0.357. The number of halogens is 3. The third kappa shape index (κ3) is 4.14. The molecule has 2 rings (SSSR count). The molecule has 0 aliphatic rings. The summed E-state index contributed by atoms with van der Waals surface area (Å²) in [5, 5.41) is 3.04. The number of nitrogen functional groups attached to an aromatic ring is 1. The number of nitrogens with zero attached hydrogens (tertiary/aromatic N) is 1.